The van der Waals surface area contributed by atoms with E-state index in [-0.39, 0.29) is 43.2 Å². The Morgan fingerprint density at radius 1 is 0.950 bits per heavy atom. The number of alkyl halides is 6. The molecule has 222 valence electrons. The van der Waals surface area contributed by atoms with Crippen molar-refractivity contribution in [1.29, 1.82) is 0 Å². The molecule has 1 fully saturated rings. The van der Waals surface area contributed by atoms with E-state index in [1.165, 1.54) is 17.0 Å². The number of piperidine rings is 1. The molecule has 0 spiro atoms. The smallest absolute Gasteiger partial charge is 0.416 e. The average molecular weight is 572 g/mol. The lowest BCUT2D eigenvalue weighted by Gasteiger charge is -2.41. The zero-order valence-corrected chi connectivity index (χ0v) is 23.7. The van der Waals surface area contributed by atoms with E-state index in [2.05, 4.69) is 0 Å². The molecule has 1 saturated heterocycles. The number of rotatable bonds is 8. The highest BCUT2D eigenvalue weighted by atomic mass is 19.4. The summed E-state index contributed by atoms with van der Waals surface area (Å²) in [7, 11) is 0. The highest BCUT2D eigenvalue weighted by Gasteiger charge is 2.46. The van der Waals surface area contributed by atoms with Gasteiger partial charge < -0.3 is 5.11 Å². The zero-order chi connectivity index (χ0) is 30.0. The van der Waals surface area contributed by atoms with Crippen LogP contribution in [0.25, 0.3) is 11.1 Å². The first kappa shape index (κ1) is 32.0. The molecule has 0 bridgehead atoms. The Hall–Kier alpha value is -2.55. The molecule has 3 rings (SSSR count). The van der Waals surface area contributed by atoms with Crippen LogP contribution in [0.1, 0.15) is 88.8 Å². The molecule has 1 aliphatic rings. The van der Waals surface area contributed by atoms with Crippen LogP contribution in [0.5, 0.6) is 0 Å². The molecule has 3 atom stereocenters. The van der Waals surface area contributed by atoms with Crippen LogP contribution in [0.3, 0.4) is 0 Å². The third kappa shape index (κ3) is 8.48. The van der Waals surface area contributed by atoms with Crippen LogP contribution in [0.15, 0.2) is 42.5 Å². The van der Waals surface area contributed by atoms with Crippen LogP contribution < -0.4 is 0 Å². The number of halogens is 6. The van der Waals surface area contributed by atoms with Crippen LogP contribution >= 0.6 is 0 Å². The van der Waals surface area contributed by atoms with Crippen LogP contribution in [0, 0.1) is 11.3 Å². The monoisotopic (exact) mass is 571 g/mol. The summed E-state index contributed by atoms with van der Waals surface area (Å²) in [5.74, 6) is -2.08. The molecule has 9 heteroatoms. The summed E-state index contributed by atoms with van der Waals surface area (Å²) < 4.78 is 81.3. The van der Waals surface area contributed by atoms with Gasteiger partial charge in [0.05, 0.1) is 11.5 Å². The van der Waals surface area contributed by atoms with Crippen molar-refractivity contribution in [2.24, 2.45) is 11.3 Å². The van der Waals surface area contributed by atoms with Gasteiger partial charge in [0.1, 0.15) is 6.04 Å². The second kappa shape index (κ2) is 12.1. The fraction of sp³-hybridized carbons (Fsp3) is 0.581. The van der Waals surface area contributed by atoms with E-state index in [1.807, 2.05) is 34.6 Å². The van der Waals surface area contributed by atoms with Gasteiger partial charge in [0, 0.05) is 6.54 Å². The van der Waals surface area contributed by atoms with Gasteiger partial charge in [-0.15, -0.1) is 0 Å². The Balaban J connectivity index is 2.06. The lowest BCUT2D eigenvalue weighted by Crippen LogP contribution is -2.51. The SMILES string of the molecule is CC(C)CC(C(=O)O)c1cc(-c2ccc(C(F)(F)F)cc2)cc(C2CCC(C(F)(F)F)N(CCC(C)(C)C)C2)c1. The lowest BCUT2D eigenvalue weighted by atomic mass is 9.81. The Labute approximate surface area is 232 Å². The number of benzene rings is 2. The van der Waals surface area contributed by atoms with Gasteiger partial charge in [0.25, 0.3) is 0 Å². The number of carboxylic acids is 1. The Bertz CT molecular complexity index is 1150. The standard InChI is InChI=1S/C31H39F6NO2/c1-19(2)14-26(28(39)40)24-16-22(20-6-9-25(10-7-20)30(32,33)34)15-23(17-24)21-8-11-27(31(35,36)37)38(18-21)13-12-29(3,4)5/h6-7,9-10,15-17,19,21,26-27H,8,11-14,18H2,1-5H3,(H,39,40). The number of carboxylic acid groups (broad SMARTS) is 1. The molecular formula is C31H39F6NO2. The molecule has 0 saturated carbocycles. The first-order chi connectivity index (χ1) is 18.3. The van der Waals surface area contributed by atoms with Crippen LogP contribution in [-0.4, -0.2) is 41.3 Å². The molecular weight excluding hydrogens is 532 g/mol. The number of carbonyl (C=O) groups is 1. The largest absolute Gasteiger partial charge is 0.481 e. The van der Waals surface area contributed by atoms with Crippen LogP contribution in [-0.2, 0) is 11.0 Å². The number of hydrogen-bond donors (Lipinski definition) is 1. The fourth-order valence-electron chi connectivity index (χ4n) is 5.39. The van der Waals surface area contributed by atoms with Gasteiger partial charge in [-0.25, -0.2) is 0 Å². The summed E-state index contributed by atoms with van der Waals surface area (Å²) in [5, 5.41) is 10.0. The lowest BCUT2D eigenvalue weighted by molar-refractivity contribution is -0.193. The molecule has 3 unspecified atom stereocenters. The van der Waals surface area contributed by atoms with Crippen molar-refractivity contribution in [2.75, 3.05) is 13.1 Å². The van der Waals surface area contributed by atoms with Crippen molar-refractivity contribution < 1.29 is 36.2 Å². The Morgan fingerprint density at radius 2 is 1.57 bits per heavy atom. The van der Waals surface area contributed by atoms with E-state index in [0.717, 1.165) is 12.1 Å². The third-order valence-electron chi connectivity index (χ3n) is 7.61. The summed E-state index contributed by atoms with van der Waals surface area (Å²) in [4.78, 5) is 13.7. The average Bonchev–Trinajstić information content (AvgIpc) is 2.84. The van der Waals surface area contributed by atoms with Gasteiger partial charge in [0.15, 0.2) is 0 Å². The van der Waals surface area contributed by atoms with Gasteiger partial charge in [0.2, 0.25) is 0 Å². The highest BCUT2D eigenvalue weighted by Crippen LogP contribution is 2.41. The van der Waals surface area contributed by atoms with Gasteiger partial charge in [-0.2, -0.15) is 26.3 Å². The molecule has 0 amide bonds. The molecule has 40 heavy (non-hydrogen) atoms. The van der Waals surface area contributed by atoms with E-state index in [0.29, 0.717) is 35.1 Å². The highest BCUT2D eigenvalue weighted by molar-refractivity contribution is 5.77. The van der Waals surface area contributed by atoms with E-state index in [9.17, 15) is 36.2 Å². The Morgan fingerprint density at radius 3 is 2.08 bits per heavy atom. The molecule has 1 heterocycles. The zero-order valence-electron chi connectivity index (χ0n) is 23.7. The van der Waals surface area contributed by atoms with Crippen molar-refractivity contribution in [2.45, 2.75) is 90.5 Å². The summed E-state index contributed by atoms with van der Waals surface area (Å²) in [6.45, 7) is 10.2. The minimum Gasteiger partial charge on any atom is -0.481 e. The van der Waals surface area contributed by atoms with Crippen LogP contribution in [0.4, 0.5) is 26.3 Å². The van der Waals surface area contributed by atoms with Crippen molar-refractivity contribution in [3.63, 3.8) is 0 Å². The summed E-state index contributed by atoms with van der Waals surface area (Å²) in [6, 6.07) is 8.36. The van der Waals surface area contributed by atoms with Gasteiger partial charge in [-0.3, -0.25) is 9.69 Å². The first-order valence-electron chi connectivity index (χ1n) is 13.7. The first-order valence-corrected chi connectivity index (χ1v) is 13.7. The van der Waals surface area contributed by atoms with Gasteiger partial charge >= 0.3 is 18.3 Å². The van der Waals surface area contributed by atoms with E-state index in [1.54, 1.807) is 18.2 Å². The molecule has 0 aromatic heterocycles. The molecule has 3 nitrogen and oxygen atoms in total. The molecule has 0 aliphatic carbocycles. The number of aliphatic carboxylic acids is 1. The fourth-order valence-corrected chi connectivity index (χ4v) is 5.39. The van der Waals surface area contributed by atoms with Gasteiger partial charge in [-0.1, -0.05) is 65.0 Å². The van der Waals surface area contributed by atoms with Crippen molar-refractivity contribution >= 4 is 5.97 Å². The predicted molar refractivity (Wildman–Crippen MR) is 144 cm³/mol. The van der Waals surface area contributed by atoms with Crippen LogP contribution in [0.2, 0.25) is 0 Å². The molecule has 2 aromatic rings. The topological polar surface area (TPSA) is 40.5 Å². The van der Waals surface area contributed by atoms with E-state index >= 15 is 0 Å². The summed E-state index contributed by atoms with van der Waals surface area (Å²) >= 11 is 0. The number of nitrogens with zero attached hydrogens (tertiary/aromatic N) is 1. The van der Waals surface area contributed by atoms with E-state index < -0.39 is 35.8 Å². The van der Waals surface area contributed by atoms with Crippen molar-refractivity contribution in [3.05, 3.63) is 59.2 Å². The third-order valence-corrected chi connectivity index (χ3v) is 7.61. The summed E-state index contributed by atoms with van der Waals surface area (Å²) in [6.07, 6.45) is -7.73. The predicted octanol–water partition coefficient (Wildman–Crippen LogP) is 9.13. The maximum absolute atomic E-state index is 13.9. The molecule has 2 aromatic carbocycles. The Kier molecular flexibility index (Phi) is 9.70. The van der Waals surface area contributed by atoms with Crippen molar-refractivity contribution in [3.8, 4) is 11.1 Å². The number of likely N-dealkylation sites (tertiary alicyclic amines) is 1. The van der Waals surface area contributed by atoms with Gasteiger partial charge in [-0.05, 0) is 83.9 Å². The second-order valence-corrected chi connectivity index (χ2v) is 12.6. The maximum atomic E-state index is 13.9. The molecule has 1 aliphatic heterocycles. The maximum Gasteiger partial charge on any atom is 0.416 e. The van der Waals surface area contributed by atoms with E-state index in [4.69, 9.17) is 0 Å². The normalized spacial score (nSPS) is 20.1. The number of hydrogen-bond acceptors (Lipinski definition) is 2. The quantitative estimate of drug-likeness (QED) is 0.321. The molecule has 0 radical (unpaired) electrons. The summed E-state index contributed by atoms with van der Waals surface area (Å²) in [5.41, 5.74) is 1.31. The minimum absolute atomic E-state index is 0.0642. The minimum atomic E-state index is -4.50. The second-order valence-electron chi connectivity index (χ2n) is 12.6. The molecule has 1 N–H and O–H groups in total. The van der Waals surface area contributed by atoms with Crippen molar-refractivity contribution in [1.82, 2.24) is 4.90 Å².